The minimum atomic E-state index is -3.16. The molecular weight excluding hydrogens is 302 g/mol. The van der Waals surface area contributed by atoms with E-state index >= 15 is 0 Å². The predicted octanol–water partition coefficient (Wildman–Crippen LogP) is 1.29. The van der Waals surface area contributed by atoms with Gasteiger partial charge < -0.3 is 9.64 Å². The van der Waals surface area contributed by atoms with E-state index in [-0.39, 0.29) is 23.1 Å². The molecule has 1 saturated heterocycles. The zero-order valence-corrected chi connectivity index (χ0v) is 13.3. The van der Waals surface area contributed by atoms with Gasteiger partial charge in [0.05, 0.1) is 36.7 Å². The number of ether oxygens (including phenoxy) is 1. The van der Waals surface area contributed by atoms with Crippen molar-refractivity contribution in [1.29, 1.82) is 0 Å². The molecule has 1 aliphatic rings. The van der Waals surface area contributed by atoms with Gasteiger partial charge in [0.15, 0.2) is 9.84 Å². The van der Waals surface area contributed by atoms with Crippen LogP contribution in [0.3, 0.4) is 0 Å². The molecule has 0 N–H and O–H groups in total. The fourth-order valence-electron chi connectivity index (χ4n) is 2.38. The van der Waals surface area contributed by atoms with Gasteiger partial charge in [-0.1, -0.05) is 0 Å². The van der Waals surface area contributed by atoms with Crippen molar-refractivity contribution in [2.75, 3.05) is 24.4 Å². The van der Waals surface area contributed by atoms with E-state index in [0.717, 1.165) is 0 Å². The second-order valence-corrected chi connectivity index (χ2v) is 7.68. The van der Waals surface area contributed by atoms with E-state index in [1.54, 1.807) is 6.07 Å². The highest BCUT2D eigenvalue weighted by molar-refractivity contribution is 7.89. The molecular formula is C12H18ClN3O3S. The van der Waals surface area contributed by atoms with Gasteiger partial charge in [0.2, 0.25) is 5.28 Å². The molecule has 2 rings (SSSR count). The van der Waals surface area contributed by atoms with Crippen molar-refractivity contribution < 1.29 is 13.2 Å². The molecule has 8 heteroatoms. The van der Waals surface area contributed by atoms with Crippen molar-refractivity contribution in [2.24, 2.45) is 0 Å². The number of anilines is 1. The third-order valence-corrected chi connectivity index (χ3v) is 4.07. The topological polar surface area (TPSA) is 72.4 Å². The first-order chi connectivity index (χ1) is 9.26. The molecule has 20 heavy (non-hydrogen) atoms. The van der Waals surface area contributed by atoms with E-state index in [1.807, 2.05) is 13.8 Å². The molecule has 112 valence electrons. The minimum Gasteiger partial charge on any atom is -0.377 e. The van der Waals surface area contributed by atoms with Gasteiger partial charge in [-0.15, -0.1) is 0 Å². The number of hydrogen-bond donors (Lipinski definition) is 0. The van der Waals surface area contributed by atoms with E-state index in [1.165, 1.54) is 6.26 Å². The zero-order valence-electron chi connectivity index (χ0n) is 11.7. The fraction of sp³-hybridized carbons (Fsp3) is 0.667. The summed E-state index contributed by atoms with van der Waals surface area (Å²) >= 11 is 5.92. The monoisotopic (exact) mass is 319 g/mol. The van der Waals surface area contributed by atoms with Crippen LogP contribution in [-0.2, 0) is 20.3 Å². The average Bonchev–Trinajstić information content (AvgIpc) is 2.25. The van der Waals surface area contributed by atoms with Gasteiger partial charge >= 0.3 is 0 Å². The second-order valence-electron chi connectivity index (χ2n) is 5.20. The van der Waals surface area contributed by atoms with E-state index in [0.29, 0.717) is 24.7 Å². The highest BCUT2D eigenvalue weighted by Crippen LogP contribution is 2.24. The van der Waals surface area contributed by atoms with Gasteiger partial charge in [0.1, 0.15) is 5.82 Å². The van der Waals surface area contributed by atoms with Gasteiger partial charge in [-0.2, -0.15) is 0 Å². The van der Waals surface area contributed by atoms with Gasteiger partial charge in [0, 0.05) is 12.3 Å². The first-order valence-electron chi connectivity index (χ1n) is 6.33. The van der Waals surface area contributed by atoms with Crippen LogP contribution >= 0.6 is 11.6 Å². The SMILES string of the molecule is C[C@H]1COC[C@H](C)N1c1cc(CS(C)(=O)=O)nc(Cl)n1. The van der Waals surface area contributed by atoms with Crippen LogP contribution in [0.2, 0.25) is 5.28 Å². The molecule has 0 saturated carbocycles. The van der Waals surface area contributed by atoms with Crippen molar-refractivity contribution in [1.82, 2.24) is 9.97 Å². The van der Waals surface area contributed by atoms with Gasteiger partial charge in [0.25, 0.3) is 0 Å². The normalized spacial score (nSPS) is 23.9. The molecule has 0 aliphatic carbocycles. The average molecular weight is 320 g/mol. The van der Waals surface area contributed by atoms with Crippen molar-refractivity contribution in [2.45, 2.75) is 31.7 Å². The van der Waals surface area contributed by atoms with E-state index in [4.69, 9.17) is 16.3 Å². The summed E-state index contributed by atoms with van der Waals surface area (Å²) in [4.78, 5) is 10.3. The molecule has 0 aromatic carbocycles. The van der Waals surface area contributed by atoms with Crippen LogP contribution in [0.15, 0.2) is 6.07 Å². The van der Waals surface area contributed by atoms with Crippen LogP contribution in [0.25, 0.3) is 0 Å². The summed E-state index contributed by atoms with van der Waals surface area (Å²) in [5, 5.41) is 0.0621. The Kier molecular flexibility index (Phi) is 4.51. The summed E-state index contributed by atoms with van der Waals surface area (Å²) in [6.07, 6.45) is 1.17. The highest BCUT2D eigenvalue weighted by atomic mass is 35.5. The summed E-state index contributed by atoms with van der Waals surface area (Å²) in [6, 6.07) is 1.98. The number of aromatic nitrogens is 2. The van der Waals surface area contributed by atoms with Crippen molar-refractivity contribution in [3.63, 3.8) is 0 Å². The van der Waals surface area contributed by atoms with Crippen LogP contribution in [-0.4, -0.2) is 49.9 Å². The molecule has 6 nitrogen and oxygen atoms in total. The van der Waals surface area contributed by atoms with Crippen molar-refractivity contribution >= 4 is 27.3 Å². The molecule has 1 aromatic rings. The van der Waals surface area contributed by atoms with Crippen molar-refractivity contribution in [3.05, 3.63) is 17.0 Å². The summed E-state index contributed by atoms with van der Waals surface area (Å²) in [5.41, 5.74) is 0.411. The molecule has 1 aromatic heterocycles. The Labute approximate surface area is 124 Å². The first-order valence-corrected chi connectivity index (χ1v) is 8.77. The Balaban J connectivity index is 2.36. The molecule has 0 amide bonds. The predicted molar refractivity (Wildman–Crippen MR) is 77.8 cm³/mol. The molecule has 1 aliphatic heterocycles. The first kappa shape index (κ1) is 15.5. The number of rotatable bonds is 3. The maximum absolute atomic E-state index is 11.4. The maximum atomic E-state index is 11.4. The Morgan fingerprint density at radius 2 is 1.95 bits per heavy atom. The number of hydrogen-bond acceptors (Lipinski definition) is 6. The Hall–Kier alpha value is -0.920. The summed E-state index contributed by atoms with van der Waals surface area (Å²) < 4.78 is 28.3. The van der Waals surface area contributed by atoms with Gasteiger partial charge in [-0.05, 0) is 25.4 Å². The lowest BCUT2D eigenvalue weighted by molar-refractivity contribution is 0.0752. The maximum Gasteiger partial charge on any atom is 0.224 e. The van der Waals surface area contributed by atoms with Crippen molar-refractivity contribution in [3.8, 4) is 0 Å². The molecule has 0 spiro atoms. The fourth-order valence-corrected chi connectivity index (χ4v) is 3.26. The Morgan fingerprint density at radius 3 is 2.50 bits per heavy atom. The Bertz CT molecular complexity index is 584. The van der Waals surface area contributed by atoms with Crippen LogP contribution in [0, 0.1) is 0 Å². The lowest BCUT2D eigenvalue weighted by atomic mass is 10.1. The molecule has 2 heterocycles. The molecule has 0 radical (unpaired) electrons. The van der Waals surface area contributed by atoms with Crippen LogP contribution in [0.4, 0.5) is 5.82 Å². The summed E-state index contributed by atoms with van der Waals surface area (Å²) in [6.45, 7) is 5.27. The molecule has 2 atom stereocenters. The Morgan fingerprint density at radius 1 is 1.35 bits per heavy atom. The zero-order chi connectivity index (χ0) is 14.9. The van der Waals surface area contributed by atoms with Crippen LogP contribution in [0.1, 0.15) is 19.5 Å². The summed E-state index contributed by atoms with van der Waals surface area (Å²) in [7, 11) is -3.16. The number of sulfone groups is 1. The van der Waals surface area contributed by atoms with E-state index in [2.05, 4.69) is 14.9 Å². The molecule has 1 fully saturated rings. The number of nitrogens with zero attached hydrogens (tertiary/aromatic N) is 3. The van der Waals surface area contributed by atoms with Crippen LogP contribution in [0.5, 0.6) is 0 Å². The minimum absolute atomic E-state index is 0.0621. The lowest BCUT2D eigenvalue weighted by Gasteiger charge is -2.39. The molecule has 0 unspecified atom stereocenters. The lowest BCUT2D eigenvalue weighted by Crippen LogP contribution is -2.50. The van der Waals surface area contributed by atoms with Gasteiger partial charge in [-0.3, -0.25) is 0 Å². The van der Waals surface area contributed by atoms with Crippen LogP contribution < -0.4 is 4.90 Å². The highest BCUT2D eigenvalue weighted by Gasteiger charge is 2.27. The number of morpholine rings is 1. The summed E-state index contributed by atoms with van der Waals surface area (Å²) in [5.74, 6) is 0.502. The third kappa shape index (κ3) is 3.80. The largest absolute Gasteiger partial charge is 0.377 e. The second kappa shape index (κ2) is 5.83. The third-order valence-electron chi connectivity index (χ3n) is 3.08. The van der Waals surface area contributed by atoms with E-state index < -0.39 is 9.84 Å². The smallest absolute Gasteiger partial charge is 0.224 e. The quantitative estimate of drug-likeness (QED) is 0.782. The van der Waals surface area contributed by atoms with Gasteiger partial charge in [-0.25, -0.2) is 18.4 Å². The van der Waals surface area contributed by atoms with E-state index in [9.17, 15) is 8.42 Å². The standard InChI is InChI=1S/C12H18ClN3O3S/c1-8-5-19-6-9(2)16(8)11-4-10(7-20(3,17)18)14-12(13)15-11/h4,8-9H,5-7H2,1-3H3/t8-,9-/m0/s1. The number of halogens is 1. The molecule has 0 bridgehead atoms.